The molecule has 1 fully saturated rings. The lowest BCUT2D eigenvalue weighted by Crippen LogP contribution is -2.33. The molecule has 4 nitrogen and oxygen atoms in total. The van der Waals surface area contributed by atoms with Crippen LogP contribution in [0.25, 0.3) is 0 Å². The molecular formula is C12H17N3OS. The number of nitrogens with one attached hydrogen (secondary N) is 1. The van der Waals surface area contributed by atoms with E-state index in [0.717, 1.165) is 17.4 Å². The molecule has 1 N–H and O–H groups in total. The first-order valence-corrected chi connectivity index (χ1v) is 7.15. The second-order valence-corrected chi connectivity index (χ2v) is 5.93. The largest absolute Gasteiger partial charge is 0.364 e. The topological polar surface area (TPSA) is 50.4 Å². The molecule has 0 unspecified atom stereocenters. The van der Waals surface area contributed by atoms with E-state index in [1.54, 1.807) is 6.26 Å². The fourth-order valence-electron chi connectivity index (χ4n) is 2.58. The molecule has 2 heterocycles. The van der Waals surface area contributed by atoms with Crippen LogP contribution in [0.5, 0.6) is 0 Å². The predicted molar refractivity (Wildman–Crippen MR) is 69.0 cm³/mol. The van der Waals surface area contributed by atoms with Crippen molar-refractivity contribution >= 4 is 16.9 Å². The minimum atomic E-state index is 0.518. The highest BCUT2D eigenvalue weighted by atomic mass is 32.2. The molecule has 92 valence electrons. The van der Waals surface area contributed by atoms with Gasteiger partial charge in [-0.05, 0) is 18.3 Å². The van der Waals surface area contributed by atoms with Crippen LogP contribution in [0.15, 0.2) is 21.8 Å². The van der Waals surface area contributed by atoms with E-state index in [4.69, 9.17) is 4.52 Å². The minimum absolute atomic E-state index is 0.518. The summed E-state index contributed by atoms with van der Waals surface area (Å²) in [4.78, 5) is 4.67. The maximum Gasteiger partial charge on any atom is 0.156 e. The van der Waals surface area contributed by atoms with Crippen molar-refractivity contribution in [1.82, 2.24) is 10.5 Å². The molecule has 0 saturated heterocycles. The Hall–Kier alpha value is -0.970. The zero-order chi connectivity index (χ0) is 11.6. The first-order chi connectivity index (χ1) is 8.36. The van der Waals surface area contributed by atoms with Gasteiger partial charge in [0.05, 0.1) is 6.54 Å². The van der Waals surface area contributed by atoms with Crippen LogP contribution in [0.3, 0.4) is 0 Å². The molecule has 0 bridgehead atoms. The lowest BCUT2D eigenvalue weighted by molar-refractivity contribution is 0.358. The standard InChI is InChI=1S/C12H17N3OS/c1-2-5-12(4-1)8-14-11(17-9-12)13-7-10-3-6-16-15-10/h3,6H,1-2,4-5,7-9H2,(H,13,14). The molecule has 1 spiro atoms. The van der Waals surface area contributed by atoms with E-state index in [0.29, 0.717) is 12.0 Å². The first-order valence-electron chi connectivity index (χ1n) is 6.17. The van der Waals surface area contributed by atoms with Gasteiger partial charge in [-0.25, -0.2) is 0 Å². The fourth-order valence-corrected chi connectivity index (χ4v) is 3.73. The molecule has 0 amide bonds. The Morgan fingerprint density at radius 1 is 1.41 bits per heavy atom. The van der Waals surface area contributed by atoms with Gasteiger partial charge in [0.25, 0.3) is 0 Å². The van der Waals surface area contributed by atoms with Gasteiger partial charge in [0, 0.05) is 18.4 Å². The summed E-state index contributed by atoms with van der Waals surface area (Å²) in [5.41, 5.74) is 1.44. The summed E-state index contributed by atoms with van der Waals surface area (Å²) in [6.45, 7) is 1.70. The van der Waals surface area contributed by atoms with Gasteiger partial charge in [-0.15, -0.1) is 0 Å². The van der Waals surface area contributed by atoms with Crippen LogP contribution in [0.2, 0.25) is 0 Å². The molecule has 2 aliphatic rings. The average molecular weight is 251 g/mol. The molecule has 5 heteroatoms. The van der Waals surface area contributed by atoms with E-state index in [1.165, 1.54) is 31.4 Å². The quantitative estimate of drug-likeness (QED) is 0.877. The maximum atomic E-state index is 4.79. The van der Waals surface area contributed by atoms with Gasteiger partial charge < -0.3 is 9.84 Å². The van der Waals surface area contributed by atoms with Crippen LogP contribution in [-0.4, -0.2) is 22.6 Å². The highest BCUT2D eigenvalue weighted by Gasteiger charge is 2.36. The third kappa shape index (κ3) is 2.49. The van der Waals surface area contributed by atoms with Crippen molar-refractivity contribution in [2.24, 2.45) is 10.4 Å². The van der Waals surface area contributed by atoms with Gasteiger partial charge in [-0.3, -0.25) is 4.99 Å². The summed E-state index contributed by atoms with van der Waals surface area (Å²) in [6.07, 6.45) is 7.09. The van der Waals surface area contributed by atoms with E-state index in [2.05, 4.69) is 15.5 Å². The van der Waals surface area contributed by atoms with Crippen molar-refractivity contribution in [2.75, 3.05) is 12.3 Å². The number of hydrogen-bond donors (Lipinski definition) is 1. The van der Waals surface area contributed by atoms with Crippen molar-refractivity contribution in [3.05, 3.63) is 18.0 Å². The van der Waals surface area contributed by atoms with E-state index in [-0.39, 0.29) is 0 Å². The number of amidine groups is 1. The molecule has 3 rings (SSSR count). The zero-order valence-corrected chi connectivity index (χ0v) is 10.6. The second kappa shape index (κ2) is 4.72. The van der Waals surface area contributed by atoms with Crippen LogP contribution in [-0.2, 0) is 6.54 Å². The second-order valence-electron chi connectivity index (χ2n) is 4.96. The Kier molecular flexibility index (Phi) is 3.09. The van der Waals surface area contributed by atoms with Gasteiger partial charge in [0.1, 0.15) is 12.0 Å². The maximum absolute atomic E-state index is 4.79. The minimum Gasteiger partial charge on any atom is -0.364 e. The van der Waals surface area contributed by atoms with Crippen LogP contribution < -0.4 is 5.32 Å². The number of aliphatic imine (C=N–C) groups is 1. The van der Waals surface area contributed by atoms with Gasteiger partial charge in [-0.2, -0.15) is 0 Å². The normalized spacial score (nSPS) is 22.7. The molecule has 1 saturated carbocycles. The number of thioether (sulfide) groups is 1. The molecule has 1 aromatic heterocycles. The Balaban J connectivity index is 1.54. The highest BCUT2D eigenvalue weighted by Crippen LogP contribution is 2.43. The van der Waals surface area contributed by atoms with Crippen LogP contribution in [0.4, 0.5) is 0 Å². The molecule has 1 aromatic rings. The van der Waals surface area contributed by atoms with Crippen LogP contribution >= 0.6 is 11.8 Å². The van der Waals surface area contributed by atoms with E-state index >= 15 is 0 Å². The monoisotopic (exact) mass is 251 g/mol. The van der Waals surface area contributed by atoms with Gasteiger partial charge >= 0.3 is 0 Å². The average Bonchev–Trinajstić information content (AvgIpc) is 3.01. The molecule has 0 aromatic carbocycles. The summed E-state index contributed by atoms with van der Waals surface area (Å²) in [5, 5.41) is 8.25. The Bertz CT molecular complexity index is 396. The number of hydrogen-bond acceptors (Lipinski definition) is 5. The van der Waals surface area contributed by atoms with E-state index in [9.17, 15) is 0 Å². The van der Waals surface area contributed by atoms with Crippen molar-refractivity contribution in [3.63, 3.8) is 0 Å². The van der Waals surface area contributed by atoms with Gasteiger partial charge in [0.2, 0.25) is 0 Å². The summed E-state index contributed by atoms with van der Waals surface area (Å²) >= 11 is 1.86. The number of aromatic nitrogens is 1. The SMILES string of the molecule is c1cc(CNC2=NCC3(CCCC3)CS2)no1. The Labute approximate surface area is 105 Å². The summed E-state index contributed by atoms with van der Waals surface area (Å²) < 4.78 is 4.79. The fraction of sp³-hybridized carbons (Fsp3) is 0.667. The van der Waals surface area contributed by atoms with Crippen molar-refractivity contribution in [2.45, 2.75) is 32.2 Å². The van der Waals surface area contributed by atoms with Crippen molar-refractivity contribution < 1.29 is 4.52 Å². The first kappa shape index (κ1) is 11.1. The zero-order valence-electron chi connectivity index (χ0n) is 9.82. The Morgan fingerprint density at radius 3 is 2.94 bits per heavy atom. The molecule has 0 radical (unpaired) electrons. The summed E-state index contributed by atoms with van der Waals surface area (Å²) in [6, 6.07) is 1.87. The lowest BCUT2D eigenvalue weighted by atomic mass is 9.89. The third-order valence-corrected chi connectivity index (χ3v) is 4.95. The molecular weight excluding hydrogens is 234 g/mol. The van der Waals surface area contributed by atoms with Crippen molar-refractivity contribution in [3.8, 4) is 0 Å². The molecule has 17 heavy (non-hydrogen) atoms. The Morgan fingerprint density at radius 2 is 2.29 bits per heavy atom. The van der Waals surface area contributed by atoms with Gasteiger partial charge in [-0.1, -0.05) is 29.8 Å². The highest BCUT2D eigenvalue weighted by molar-refractivity contribution is 8.13. The van der Waals surface area contributed by atoms with E-state index in [1.807, 2.05) is 17.8 Å². The number of rotatable bonds is 2. The lowest BCUT2D eigenvalue weighted by Gasteiger charge is -2.30. The number of nitrogens with zero attached hydrogens (tertiary/aromatic N) is 2. The van der Waals surface area contributed by atoms with E-state index < -0.39 is 0 Å². The molecule has 1 aliphatic carbocycles. The summed E-state index contributed by atoms with van der Waals surface area (Å²) in [7, 11) is 0. The smallest absolute Gasteiger partial charge is 0.156 e. The molecule has 0 atom stereocenters. The van der Waals surface area contributed by atoms with Crippen molar-refractivity contribution in [1.29, 1.82) is 0 Å². The predicted octanol–water partition coefficient (Wildman–Crippen LogP) is 2.43. The van der Waals surface area contributed by atoms with Crippen LogP contribution in [0, 0.1) is 5.41 Å². The molecule has 1 aliphatic heterocycles. The summed E-state index contributed by atoms with van der Waals surface area (Å²) in [5.74, 6) is 1.22. The van der Waals surface area contributed by atoms with Gasteiger partial charge in [0.15, 0.2) is 5.17 Å². The van der Waals surface area contributed by atoms with Crippen LogP contribution in [0.1, 0.15) is 31.4 Å². The third-order valence-electron chi connectivity index (χ3n) is 3.65.